The summed E-state index contributed by atoms with van der Waals surface area (Å²) < 4.78 is 1.13. The Bertz CT molecular complexity index is 960. The topological polar surface area (TPSA) is 67.2 Å². The molecule has 2 aromatic heterocycles. The number of anilines is 1. The Morgan fingerprint density at radius 3 is 2.69 bits per heavy atom. The van der Waals surface area contributed by atoms with Gasteiger partial charge in [-0.05, 0) is 36.1 Å². The number of rotatable bonds is 6. The molecular formula is C17H14Cl3N3O2S. The van der Waals surface area contributed by atoms with Crippen LogP contribution in [0.15, 0.2) is 46.7 Å². The van der Waals surface area contributed by atoms with Crippen molar-refractivity contribution in [2.45, 2.75) is 12.5 Å². The first-order valence-corrected chi connectivity index (χ1v) is 9.66. The van der Waals surface area contributed by atoms with Crippen molar-refractivity contribution in [1.29, 1.82) is 0 Å². The van der Waals surface area contributed by atoms with E-state index in [1.165, 1.54) is 6.20 Å². The summed E-state index contributed by atoms with van der Waals surface area (Å²) in [7, 11) is 0. The van der Waals surface area contributed by atoms with E-state index in [0.29, 0.717) is 22.8 Å². The fourth-order valence-corrected chi connectivity index (χ4v) is 3.74. The molecule has 0 spiro atoms. The molecule has 136 valence electrons. The zero-order chi connectivity index (χ0) is 18.7. The molecule has 9 heteroatoms. The highest BCUT2D eigenvalue weighted by Crippen LogP contribution is 2.31. The van der Waals surface area contributed by atoms with E-state index in [-0.39, 0.29) is 22.7 Å². The summed E-state index contributed by atoms with van der Waals surface area (Å²) in [4.78, 5) is 13.3. The van der Waals surface area contributed by atoms with Gasteiger partial charge in [-0.1, -0.05) is 40.9 Å². The lowest BCUT2D eigenvalue weighted by atomic mass is 10.1. The van der Waals surface area contributed by atoms with Crippen molar-refractivity contribution < 1.29 is 5.11 Å². The molecule has 0 amide bonds. The minimum absolute atomic E-state index is 0.0495. The molecule has 3 rings (SSSR count). The van der Waals surface area contributed by atoms with E-state index >= 15 is 0 Å². The quantitative estimate of drug-likeness (QED) is 0.590. The first-order chi connectivity index (χ1) is 12.5. The van der Waals surface area contributed by atoms with Crippen molar-refractivity contribution >= 4 is 51.8 Å². The molecule has 26 heavy (non-hydrogen) atoms. The fourth-order valence-electron chi connectivity index (χ4n) is 2.44. The predicted molar refractivity (Wildman–Crippen MR) is 107 cm³/mol. The first kappa shape index (κ1) is 19.2. The van der Waals surface area contributed by atoms with Crippen molar-refractivity contribution in [3.05, 3.63) is 72.2 Å². The Kier molecular flexibility index (Phi) is 6.21. The number of benzene rings is 1. The van der Waals surface area contributed by atoms with Crippen LogP contribution < -0.4 is 10.9 Å². The minimum atomic E-state index is -0.521. The molecule has 0 radical (unpaired) electrons. The number of aromatic nitrogens is 2. The monoisotopic (exact) mass is 429 g/mol. The average molecular weight is 431 g/mol. The van der Waals surface area contributed by atoms with E-state index in [9.17, 15) is 9.90 Å². The van der Waals surface area contributed by atoms with Crippen LogP contribution in [0.3, 0.4) is 0 Å². The number of nitrogens with zero attached hydrogens (tertiary/aromatic N) is 2. The van der Waals surface area contributed by atoms with Crippen LogP contribution in [0.5, 0.6) is 0 Å². The maximum atomic E-state index is 12.2. The molecule has 0 aliphatic carbocycles. The Balaban J connectivity index is 1.90. The van der Waals surface area contributed by atoms with E-state index in [1.54, 1.807) is 29.5 Å². The fraction of sp³-hybridized carbons (Fsp3) is 0.176. The van der Waals surface area contributed by atoms with E-state index in [0.717, 1.165) is 9.56 Å². The largest absolute Gasteiger partial charge is 0.396 e. The van der Waals surface area contributed by atoms with Crippen LogP contribution in [0, 0.1) is 0 Å². The number of nitrogens with one attached hydrogen (secondary N) is 1. The second-order valence-electron chi connectivity index (χ2n) is 5.41. The van der Waals surface area contributed by atoms with Gasteiger partial charge < -0.3 is 10.4 Å². The third-order valence-corrected chi connectivity index (χ3v) is 5.76. The number of hydrogen-bond acceptors (Lipinski definition) is 5. The Labute approximate surface area is 168 Å². The van der Waals surface area contributed by atoms with Crippen LogP contribution in [-0.4, -0.2) is 21.5 Å². The van der Waals surface area contributed by atoms with Gasteiger partial charge >= 0.3 is 0 Å². The molecule has 1 aromatic carbocycles. The van der Waals surface area contributed by atoms with Gasteiger partial charge in [-0.2, -0.15) is 9.78 Å². The average Bonchev–Trinajstić information content (AvgIpc) is 3.15. The van der Waals surface area contributed by atoms with Crippen molar-refractivity contribution in [3.63, 3.8) is 0 Å². The third kappa shape index (κ3) is 4.05. The van der Waals surface area contributed by atoms with Gasteiger partial charge in [0.05, 0.1) is 33.7 Å². The molecule has 5 nitrogen and oxygen atoms in total. The van der Waals surface area contributed by atoms with E-state index in [2.05, 4.69) is 10.4 Å². The van der Waals surface area contributed by atoms with Gasteiger partial charge in [0.25, 0.3) is 5.56 Å². The summed E-state index contributed by atoms with van der Waals surface area (Å²) in [6, 6.07) is 8.98. The maximum Gasteiger partial charge on any atom is 0.291 e. The molecule has 0 aliphatic rings. The molecule has 3 aromatic rings. The first-order valence-electron chi connectivity index (χ1n) is 7.65. The van der Waals surface area contributed by atoms with Gasteiger partial charge in [0.15, 0.2) is 0 Å². The number of aliphatic hydroxyl groups is 1. The van der Waals surface area contributed by atoms with Crippen molar-refractivity contribution in [2.75, 3.05) is 11.9 Å². The molecule has 0 saturated heterocycles. The lowest BCUT2D eigenvalue weighted by Crippen LogP contribution is -2.21. The van der Waals surface area contributed by atoms with Gasteiger partial charge in [0, 0.05) is 11.5 Å². The highest BCUT2D eigenvalue weighted by molar-refractivity contribution is 7.10. The third-order valence-electron chi connectivity index (χ3n) is 3.71. The molecule has 0 aliphatic heterocycles. The number of aliphatic hydroxyl groups excluding tert-OH is 1. The van der Waals surface area contributed by atoms with Crippen molar-refractivity contribution in [3.8, 4) is 5.69 Å². The van der Waals surface area contributed by atoms with Gasteiger partial charge in [-0.3, -0.25) is 4.79 Å². The summed E-state index contributed by atoms with van der Waals surface area (Å²) in [5.41, 5.74) is 0.641. The Morgan fingerprint density at radius 2 is 2.04 bits per heavy atom. The normalized spacial score (nSPS) is 12.2. The van der Waals surface area contributed by atoms with E-state index in [4.69, 9.17) is 34.8 Å². The highest BCUT2D eigenvalue weighted by atomic mass is 35.5. The van der Waals surface area contributed by atoms with Crippen LogP contribution in [0.1, 0.15) is 17.3 Å². The zero-order valence-corrected chi connectivity index (χ0v) is 16.4. The van der Waals surface area contributed by atoms with Gasteiger partial charge in [0.1, 0.15) is 5.02 Å². The van der Waals surface area contributed by atoms with Crippen LogP contribution in [0.2, 0.25) is 15.1 Å². The van der Waals surface area contributed by atoms with Crippen molar-refractivity contribution in [1.82, 2.24) is 9.78 Å². The number of hydrogen-bond donors (Lipinski definition) is 2. The van der Waals surface area contributed by atoms with Crippen LogP contribution in [0.4, 0.5) is 5.69 Å². The summed E-state index contributed by atoms with van der Waals surface area (Å²) >= 11 is 19.7. The molecule has 2 heterocycles. The molecule has 0 fully saturated rings. The van der Waals surface area contributed by atoms with E-state index < -0.39 is 5.56 Å². The SMILES string of the molecule is O=c1c(Cl)c(Cl)cnn1-c1ccc(NC(CCO)c2cccs2)c(Cl)c1. The Hall–Kier alpha value is -1.57. The highest BCUT2D eigenvalue weighted by Gasteiger charge is 2.15. The van der Waals surface area contributed by atoms with E-state index in [1.807, 2.05) is 17.5 Å². The molecule has 1 unspecified atom stereocenters. The number of halogens is 3. The van der Waals surface area contributed by atoms with Gasteiger partial charge in [-0.25, -0.2) is 0 Å². The predicted octanol–water partition coefficient (Wildman–Crippen LogP) is 4.79. The van der Waals surface area contributed by atoms with Gasteiger partial charge in [-0.15, -0.1) is 11.3 Å². The molecule has 0 bridgehead atoms. The van der Waals surface area contributed by atoms with Crippen LogP contribution in [-0.2, 0) is 0 Å². The molecule has 1 atom stereocenters. The lowest BCUT2D eigenvalue weighted by molar-refractivity contribution is 0.280. The molecule has 2 N–H and O–H groups in total. The standard InChI is InChI=1S/C17H14Cl3N3O2S/c18-11-8-10(23-17(25)16(20)12(19)9-21-23)3-4-13(11)22-14(5-6-24)15-2-1-7-26-15/h1-4,7-9,14,22,24H,5-6H2. The lowest BCUT2D eigenvalue weighted by Gasteiger charge is -2.19. The minimum Gasteiger partial charge on any atom is -0.396 e. The van der Waals surface area contributed by atoms with Crippen molar-refractivity contribution in [2.24, 2.45) is 0 Å². The Morgan fingerprint density at radius 1 is 1.23 bits per heavy atom. The summed E-state index contributed by atoms with van der Waals surface area (Å²) in [5.74, 6) is 0. The molecule has 0 saturated carbocycles. The van der Waals surface area contributed by atoms with Gasteiger partial charge in [0.2, 0.25) is 0 Å². The number of thiophene rings is 1. The second kappa shape index (κ2) is 8.41. The van der Waals surface area contributed by atoms with Crippen LogP contribution in [0.25, 0.3) is 5.69 Å². The summed E-state index contributed by atoms with van der Waals surface area (Å²) in [6.07, 6.45) is 1.85. The maximum absolute atomic E-state index is 12.2. The summed E-state index contributed by atoms with van der Waals surface area (Å²) in [5, 5.41) is 19.0. The molecular weight excluding hydrogens is 417 g/mol. The smallest absolute Gasteiger partial charge is 0.291 e. The summed E-state index contributed by atoms with van der Waals surface area (Å²) in [6.45, 7) is 0.0495. The van der Waals surface area contributed by atoms with Crippen LogP contribution >= 0.6 is 46.1 Å². The second-order valence-corrected chi connectivity index (χ2v) is 7.58. The zero-order valence-electron chi connectivity index (χ0n) is 13.3.